The van der Waals surface area contributed by atoms with Crippen molar-refractivity contribution < 1.29 is 14.3 Å². The van der Waals surface area contributed by atoms with Gasteiger partial charge in [-0.1, -0.05) is 30.0 Å². The van der Waals surface area contributed by atoms with Crippen molar-refractivity contribution in [3.05, 3.63) is 45.1 Å². The van der Waals surface area contributed by atoms with Crippen molar-refractivity contribution in [2.75, 3.05) is 25.4 Å². The molecule has 7 nitrogen and oxygen atoms in total. The number of fused-ring (bicyclic) bond motifs is 1. The van der Waals surface area contributed by atoms with E-state index in [1.54, 1.807) is 18.9 Å². The molecule has 1 fully saturated rings. The van der Waals surface area contributed by atoms with E-state index in [1.165, 1.54) is 38.8 Å². The van der Waals surface area contributed by atoms with Crippen molar-refractivity contribution in [1.29, 1.82) is 0 Å². The van der Waals surface area contributed by atoms with Gasteiger partial charge < -0.3 is 9.64 Å². The van der Waals surface area contributed by atoms with Crippen molar-refractivity contribution in [1.82, 2.24) is 14.5 Å². The van der Waals surface area contributed by atoms with Gasteiger partial charge in [-0.25, -0.2) is 4.98 Å². The average Bonchev–Trinajstić information content (AvgIpc) is 3.26. The van der Waals surface area contributed by atoms with Crippen LogP contribution in [-0.4, -0.2) is 51.8 Å². The highest BCUT2D eigenvalue weighted by Crippen LogP contribution is 2.33. The van der Waals surface area contributed by atoms with Gasteiger partial charge in [0.2, 0.25) is 5.91 Å². The van der Waals surface area contributed by atoms with E-state index < -0.39 is 0 Å². The average molecular weight is 500 g/mol. The van der Waals surface area contributed by atoms with Gasteiger partial charge in [0.15, 0.2) is 5.16 Å². The Kier molecular flexibility index (Phi) is 7.42. The molecule has 1 amide bonds. The first-order valence-corrected chi connectivity index (χ1v) is 13.3. The zero-order valence-electron chi connectivity index (χ0n) is 19.9. The number of esters is 1. The number of nitrogens with zero attached hydrogens (tertiary/aromatic N) is 3. The van der Waals surface area contributed by atoms with E-state index in [0.29, 0.717) is 47.9 Å². The van der Waals surface area contributed by atoms with E-state index in [1.807, 2.05) is 11.4 Å². The van der Waals surface area contributed by atoms with Gasteiger partial charge in [0.05, 0.1) is 23.7 Å². The molecule has 1 aliphatic heterocycles. The molecule has 1 saturated heterocycles. The fourth-order valence-corrected chi connectivity index (χ4v) is 6.01. The molecule has 1 aliphatic rings. The Morgan fingerprint density at radius 3 is 2.62 bits per heavy atom. The standard InChI is InChI=1S/C25H29N3O4S2/c1-5-32-24(31)17-8-10-28(11-9-17)20(29)14-34-25-26-22-21(23(30)27(25)4)19(13-33-22)18-7-6-15(2)16(3)12-18/h6-7,12-13,17H,5,8-11,14H2,1-4H3. The van der Waals surface area contributed by atoms with Gasteiger partial charge in [0.25, 0.3) is 5.56 Å². The molecule has 0 bridgehead atoms. The number of aromatic nitrogens is 2. The van der Waals surface area contributed by atoms with Crippen LogP contribution in [0.3, 0.4) is 0 Å². The van der Waals surface area contributed by atoms with E-state index in [2.05, 4.69) is 26.0 Å². The van der Waals surface area contributed by atoms with E-state index in [-0.39, 0.29) is 29.1 Å². The van der Waals surface area contributed by atoms with Crippen LogP contribution in [0.1, 0.15) is 30.9 Å². The molecule has 2 aromatic heterocycles. The Balaban J connectivity index is 1.47. The number of thiophene rings is 1. The third-order valence-corrected chi connectivity index (χ3v) is 8.27. The molecule has 3 aromatic rings. The maximum Gasteiger partial charge on any atom is 0.309 e. The maximum absolute atomic E-state index is 13.2. The van der Waals surface area contributed by atoms with Gasteiger partial charge in [0.1, 0.15) is 4.83 Å². The SMILES string of the molecule is CCOC(=O)C1CCN(C(=O)CSc2nc3scc(-c4ccc(C)c(C)c4)c3c(=O)n2C)CC1. The summed E-state index contributed by atoms with van der Waals surface area (Å²) in [6, 6.07) is 6.20. The van der Waals surface area contributed by atoms with Crippen molar-refractivity contribution in [3.63, 3.8) is 0 Å². The molecule has 0 N–H and O–H groups in total. The molecule has 34 heavy (non-hydrogen) atoms. The Hall–Kier alpha value is -2.65. The number of benzene rings is 1. The van der Waals surface area contributed by atoms with Gasteiger partial charge in [-0.05, 0) is 50.3 Å². The maximum atomic E-state index is 13.2. The molecule has 0 aliphatic carbocycles. The lowest BCUT2D eigenvalue weighted by Crippen LogP contribution is -2.41. The Morgan fingerprint density at radius 1 is 1.21 bits per heavy atom. The van der Waals surface area contributed by atoms with Crippen LogP contribution in [0, 0.1) is 19.8 Å². The van der Waals surface area contributed by atoms with Gasteiger partial charge >= 0.3 is 5.97 Å². The van der Waals surface area contributed by atoms with E-state index >= 15 is 0 Å². The third kappa shape index (κ3) is 4.90. The minimum absolute atomic E-state index is 0.0105. The van der Waals surface area contributed by atoms with Gasteiger partial charge in [0, 0.05) is 31.1 Å². The minimum Gasteiger partial charge on any atom is -0.466 e. The summed E-state index contributed by atoms with van der Waals surface area (Å²) in [5.74, 6) is -0.117. The Bertz CT molecular complexity index is 1290. The number of hydrogen-bond acceptors (Lipinski definition) is 7. The summed E-state index contributed by atoms with van der Waals surface area (Å²) in [4.78, 5) is 45.1. The molecule has 4 rings (SSSR count). The van der Waals surface area contributed by atoms with Gasteiger partial charge in [-0.15, -0.1) is 11.3 Å². The van der Waals surface area contributed by atoms with Crippen LogP contribution < -0.4 is 5.56 Å². The normalized spacial score (nSPS) is 14.5. The first-order valence-electron chi connectivity index (χ1n) is 11.4. The molecular formula is C25H29N3O4S2. The molecule has 0 spiro atoms. The summed E-state index contributed by atoms with van der Waals surface area (Å²) in [5.41, 5.74) is 4.19. The van der Waals surface area contributed by atoms with Crippen LogP contribution in [-0.2, 0) is 21.4 Å². The van der Waals surface area contributed by atoms with Crippen LogP contribution in [0.5, 0.6) is 0 Å². The number of thioether (sulfide) groups is 1. The van der Waals surface area contributed by atoms with Crippen LogP contribution in [0.4, 0.5) is 0 Å². The first kappa shape index (κ1) is 24.5. The van der Waals surface area contributed by atoms with Crippen LogP contribution in [0.2, 0.25) is 0 Å². The van der Waals surface area contributed by atoms with Crippen molar-refractivity contribution in [3.8, 4) is 11.1 Å². The lowest BCUT2D eigenvalue weighted by molar-refractivity contribution is -0.151. The van der Waals surface area contributed by atoms with Crippen molar-refractivity contribution in [2.45, 2.75) is 38.8 Å². The zero-order valence-corrected chi connectivity index (χ0v) is 21.6. The molecule has 180 valence electrons. The van der Waals surface area contributed by atoms with Gasteiger partial charge in [-0.3, -0.25) is 19.0 Å². The quantitative estimate of drug-likeness (QED) is 0.288. The van der Waals surface area contributed by atoms with E-state index in [4.69, 9.17) is 9.72 Å². The number of likely N-dealkylation sites (tertiary alicyclic amines) is 1. The highest BCUT2D eigenvalue weighted by atomic mass is 32.2. The third-order valence-electron chi connectivity index (χ3n) is 6.38. The molecule has 9 heteroatoms. The largest absolute Gasteiger partial charge is 0.466 e. The predicted octanol–water partition coefficient (Wildman–Crippen LogP) is 4.17. The number of ether oxygens (including phenoxy) is 1. The smallest absolute Gasteiger partial charge is 0.309 e. The molecule has 0 atom stereocenters. The van der Waals surface area contributed by atoms with Gasteiger partial charge in [-0.2, -0.15) is 0 Å². The predicted molar refractivity (Wildman–Crippen MR) is 136 cm³/mol. The van der Waals surface area contributed by atoms with Crippen molar-refractivity contribution in [2.24, 2.45) is 13.0 Å². The Morgan fingerprint density at radius 2 is 1.94 bits per heavy atom. The second kappa shape index (κ2) is 10.3. The summed E-state index contributed by atoms with van der Waals surface area (Å²) in [6.45, 7) is 7.39. The summed E-state index contributed by atoms with van der Waals surface area (Å²) >= 11 is 2.73. The first-order chi connectivity index (χ1) is 16.3. The fourth-order valence-electron chi connectivity index (χ4n) is 4.15. The molecule has 1 aromatic carbocycles. The molecule has 3 heterocycles. The Labute approximate surface area is 207 Å². The number of hydrogen-bond donors (Lipinski definition) is 0. The monoisotopic (exact) mass is 499 g/mol. The number of amides is 1. The molecule has 0 radical (unpaired) electrons. The lowest BCUT2D eigenvalue weighted by Gasteiger charge is -2.30. The second-order valence-electron chi connectivity index (χ2n) is 8.58. The number of carbonyl (C=O) groups excluding carboxylic acids is 2. The zero-order chi connectivity index (χ0) is 24.4. The number of carbonyl (C=O) groups is 2. The van der Waals surface area contributed by atoms with Crippen LogP contribution in [0.25, 0.3) is 21.3 Å². The minimum atomic E-state index is -0.174. The summed E-state index contributed by atoms with van der Waals surface area (Å²) in [7, 11) is 1.70. The molecule has 0 unspecified atom stereocenters. The summed E-state index contributed by atoms with van der Waals surface area (Å²) < 4.78 is 6.63. The molecule has 0 saturated carbocycles. The fraction of sp³-hybridized carbons (Fsp3) is 0.440. The summed E-state index contributed by atoms with van der Waals surface area (Å²) in [5, 5.41) is 3.13. The highest BCUT2D eigenvalue weighted by Gasteiger charge is 2.28. The topological polar surface area (TPSA) is 81.5 Å². The van der Waals surface area contributed by atoms with E-state index in [9.17, 15) is 14.4 Å². The van der Waals surface area contributed by atoms with Crippen LogP contribution >= 0.6 is 23.1 Å². The summed E-state index contributed by atoms with van der Waals surface area (Å²) in [6.07, 6.45) is 1.24. The number of piperidine rings is 1. The number of aryl methyl sites for hydroxylation is 2. The number of rotatable bonds is 6. The highest BCUT2D eigenvalue weighted by molar-refractivity contribution is 7.99. The van der Waals surface area contributed by atoms with E-state index in [0.717, 1.165) is 11.1 Å². The van der Waals surface area contributed by atoms with Crippen molar-refractivity contribution >= 4 is 45.2 Å². The molecular weight excluding hydrogens is 470 g/mol. The lowest BCUT2D eigenvalue weighted by atomic mass is 9.97. The van der Waals surface area contributed by atoms with Crippen LogP contribution in [0.15, 0.2) is 33.5 Å². The second-order valence-corrected chi connectivity index (χ2v) is 10.4.